The Morgan fingerprint density at radius 1 is 1.38 bits per heavy atom. The summed E-state index contributed by atoms with van der Waals surface area (Å²) < 4.78 is 28.2. The van der Waals surface area contributed by atoms with Crippen molar-refractivity contribution in [2.24, 2.45) is 0 Å². The highest BCUT2D eigenvalue weighted by atomic mass is 32.2. The van der Waals surface area contributed by atoms with Gasteiger partial charge in [0.25, 0.3) is 0 Å². The molecule has 0 saturated carbocycles. The number of methoxy groups -OCH3 is 1. The number of carboxylic acids is 1. The van der Waals surface area contributed by atoms with E-state index in [4.69, 9.17) is 5.11 Å². The predicted molar refractivity (Wildman–Crippen MR) is 55.3 cm³/mol. The average molecular weight is 253 g/mol. The molecule has 0 bridgehead atoms. The summed E-state index contributed by atoms with van der Waals surface area (Å²) in [7, 11) is -2.84. The van der Waals surface area contributed by atoms with Gasteiger partial charge in [-0.3, -0.25) is 9.59 Å². The molecule has 0 atom stereocenters. The van der Waals surface area contributed by atoms with Gasteiger partial charge in [0.2, 0.25) is 10.0 Å². The Morgan fingerprint density at radius 2 is 1.94 bits per heavy atom. The first kappa shape index (κ1) is 14.8. The molecule has 8 heteroatoms. The van der Waals surface area contributed by atoms with Gasteiger partial charge < -0.3 is 9.84 Å². The largest absolute Gasteiger partial charge is 0.480 e. The summed E-state index contributed by atoms with van der Waals surface area (Å²) in [6, 6.07) is 0. The van der Waals surface area contributed by atoms with E-state index in [9.17, 15) is 18.0 Å². The summed E-state index contributed by atoms with van der Waals surface area (Å²) in [4.78, 5) is 21.3. The molecule has 0 fully saturated rings. The van der Waals surface area contributed by atoms with Crippen LogP contribution in [0.15, 0.2) is 0 Å². The molecule has 7 nitrogen and oxygen atoms in total. The normalized spacial score (nSPS) is 11.4. The van der Waals surface area contributed by atoms with Gasteiger partial charge in [-0.1, -0.05) is 6.92 Å². The highest BCUT2D eigenvalue weighted by Crippen LogP contribution is 2.03. The lowest BCUT2D eigenvalue weighted by atomic mass is 10.5. The Labute approximate surface area is 94.0 Å². The molecule has 0 aromatic rings. The second-order valence-corrected chi connectivity index (χ2v) is 5.03. The molecule has 94 valence electrons. The molecular formula is C8H15NO6S. The van der Waals surface area contributed by atoms with Crippen LogP contribution in [0.25, 0.3) is 0 Å². The Kier molecular flexibility index (Phi) is 5.97. The number of ether oxygens (including phenoxy) is 1. The molecule has 0 aliphatic rings. The second kappa shape index (κ2) is 6.44. The fraction of sp³-hybridized carbons (Fsp3) is 0.750. The molecule has 0 aromatic carbocycles. The van der Waals surface area contributed by atoms with E-state index in [1.807, 2.05) is 0 Å². The number of hydrogen-bond acceptors (Lipinski definition) is 5. The molecule has 0 heterocycles. The van der Waals surface area contributed by atoms with E-state index in [1.165, 1.54) is 0 Å². The van der Waals surface area contributed by atoms with E-state index in [0.29, 0.717) is 6.42 Å². The summed E-state index contributed by atoms with van der Waals surface area (Å²) in [6.45, 7) is 1.13. The SMILES string of the molecule is CCCN(CC(=O)O)S(=O)(=O)CC(=O)OC. The van der Waals surface area contributed by atoms with Crippen LogP contribution in [-0.2, 0) is 24.3 Å². The van der Waals surface area contributed by atoms with E-state index >= 15 is 0 Å². The van der Waals surface area contributed by atoms with E-state index in [2.05, 4.69) is 4.74 Å². The van der Waals surface area contributed by atoms with E-state index < -0.39 is 34.3 Å². The molecule has 0 spiro atoms. The van der Waals surface area contributed by atoms with Crippen LogP contribution in [0.2, 0.25) is 0 Å². The van der Waals surface area contributed by atoms with Crippen LogP contribution < -0.4 is 0 Å². The van der Waals surface area contributed by atoms with Gasteiger partial charge in [0.05, 0.1) is 7.11 Å². The summed E-state index contributed by atoms with van der Waals surface area (Å²) in [5.41, 5.74) is 0. The highest BCUT2D eigenvalue weighted by Gasteiger charge is 2.26. The van der Waals surface area contributed by atoms with Gasteiger partial charge in [-0.2, -0.15) is 4.31 Å². The van der Waals surface area contributed by atoms with Gasteiger partial charge in [0.1, 0.15) is 6.54 Å². The van der Waals surface area contributed by atoms with Gasteiger partial charge in [-0.05, 0) is 6.42 Å². The van der Waals surface area contributed by atoms with Gasteiger partial charge in [0, 0.05) is 6.54 Å². The van der Waals surface area contributed by atoms with Crippen molar-refractivity contribution in [2.75, 3.05) is 26.0 Å². The zero-order valence-corrected chi connectivity index (χ0v) is 9.99. The maximum Gasteiger partial charge on any atom is 0.322 e. The fourth-order valence-corrected chi connectivity index (χ4v) is 2.38. The van der Waals surface area contributed by atoms with Crippen molar-refractivity contribution in [1.29, 1.82) is 0 Å². The molecule has 1 N–H and O–H groups in total. The van der Waals surface area contributed by atoms with Crippen molar-refractivity contribution in [3.8, 4) is 0 Å². The minimum atomic E-state index is -3.91. The zero-order valence-electron chi connectivity index (χ0n) is 9.17. The number of carbonyl (C=O) groups excluding carboxylic acids is 1. The van der Waals surface area contributed by atoms with Crippen LogP contribution in [0, 0.1) is 0 Å². The van der Waals surface area contributed by atoms with Crippen LogP contribution in [0.3, 0.4) is 0 Å². The van der Waals surface area contributed by atoms with Gasteiger partial charge >= 0.3 is 11.9 Å². The van der Waals surface area contributed by atoms with E-state index in [1.54, 1.807) is 6.92 Å². The van der Waals surface area contributed by atoms with Crippen LogP contribution in [0.1, 0.15) is 13.3 Å². The Balaban J connectivity index is 4.75. The van der Waals surface area contributed by atoms with E-state index in [-0.39, 0.29) is 6.54 Å². The minimum Gasteiger partial charge on any atom is -0.480 e. The van der Waals surface area contributed by atoms with Gasteiger partial charge in [-0.25, -0.2) is 8.42 Å². The van der Waals surface area contributed by atoms with E-state index in [0.717, 1.165) is 11.4 Å². The van der Waals surface area contributed by atoms with Crippen molar-refractivity contribution in [3.05, 3.63) is 0 Å². The fourth-order valence-electron chi connectivity index (χ4n) is 1.02. The average Bonchev–Trinajstić information content (AvgIpc) is 2.15. The number of sulfonamides is 1. The van der Waals surface area contributed by atoms with Gasteiger partial charge in [0.15, 0.2) is 5.75 Å². The Hall–Kier alpha value is -1.15. The lowest BCUT2D eigenvalue weighted by Crippen LogP contribution is -2.39. The maximum atomic E-state index is 11.6. The summed E-state index contributed by atoms with van der Waals surface area (Å²) in [5.74, 6) is -3.01. The molecule has 0 aromatic heterocycles. The molecule has 0 aliphatic heterocycles. The first-order valence-electron chi connectivity index (χ1n) is 4.60. The zero-order chi connectivity index (χ0) is 12.8. The third-order valence-corrected chi connectivity index (χ3v) is 3.40. The molecule has 16 heavy (non-hydrogen) atoms. The maximum absolute atomic E-state index is 11.6. The molecule has 0 saturated heterocycles. The van der Waals surface area contributed by atoms with Crippen molar-refractivity contribution in [2.45, 2.75) is 13.3 Å². The number of esters is 1. The summed E-state index contributed by atoms with van der Waals surface area (Å²) >= 11 is 0. The Bertz CT molecular complexity index is 350. The highest BCUT2D eigenvalue weighted by molar-refractivity contribution is 7.89. The standard InChI is InChI=1S/C8H15NO6S/c1-3-4-9(5-7(10)11)16(13,14)6-8(12)15-2/h3-6H2,1-2H3,(H,10,11). The minimum absolute atomic E-state index is 0.0611. The summed E-state index contributed by atoms with van der Waals surface area (Å²) in [5, 5.41) is 8.54. The van der Waals surface area contributed by atoms with Crippen molar-refractivity contribution >= 4 is 22.0 Å². The second-order valence-electron chi connectivity index (χ2n) is 3.06. The molecule has 0 unspecified atom stereocenters. The third kappa shape index (κ3) is 5.08. The molecular weight excluding hydrogens is 238 g/mol. The molecule has 0 amide bonds. The lowest BCUT2D eigenvalue weighted by molar-refractivity contribution is -0.139. The molecule has 0 radical (unpaired) electrons. The quantitative estimate of drug-likeness (QED) is 0.601. The smallest absolute Gasteiger partial charge is 0.322 e. The van der Waals surface area contributed by atoms with Crippen LogP contribution in [0.4, 0.5) is 0 Å². The number of aliphatic carboxylic acids is 1. The topological polar surface area (TPSA) is 101 Å². The number of carboxylic acid groups (broad SMARTS) is 1. The van der Waals surface area contributed by atoms with Gasteiger partial charge in [-0.15, -0.1) is 0 Å². The van der Waals surface area contributed by atoms with Crippen LogP contribution >= 0.6 is 0 Å². The van der Waals surface area contributed by atoms with Crippen LogP contribution in [-0.4, -0.2) is 55.7 Å². The first-order valence-corrected chi connectivity index (χ1v) is 6.20. The number of carbonyl (C=O) groups is 2. The van der Waals surface area contributed by atoms with Crippen molar-refractivity contribution in [3.63, 3.8) is 0 Å². The first-order chi connectivity index (χ1) is 7.33. The Morgan fingerprint density at radius 3 is 2.31 bits per heavy atom. The summed E-state index contributed by atoms with van der Waals surface area (Å²) in [6.07, 6.45) is 0.466. The van der Waals surface area contributed by atoms with Crippen molar-refractivity contribution < 1.29 is 27.9 Å². The molecule has 0 rings (SSSR count). The number of rotatable bonds is 7. The number of hydrogen-bond donors (Lipinski definition) is 1. The molecule has 0 aliphatic carbocycles. The number of nitrogens with zero attached hydrogens (tertiary/aromatic N) is 1. The monoisotopic (exact) mass is 253 g/mol. The lowest BCUT2D eigenvalue weighted by Gasteiger charge is -2.18. The van der Waals surface area contributed by atoms with Crippen molar-refractivity contribution in [1.82, 2.24) is 4.31 Å². The third-order valence-electron chi connectivity index (χ3n) is 1.71. The van der Waals surface area contributed by atoms with Crippen LogP contribution in [0.5, 0.6) is 0 Å². The predicted octanol–water partition coefficient (Wildman–Crippen LogP) is -0.714.